The van der Waals surface area contributed by atoms with E-state index in [2.05, 4.69) is 27.4 Å². The number of hydrogen-bond donors (Lipinski definition) is 2. The molecule has 0 bridgehead atoms. The standard InChI is InChI=1S/C16H17N3O2/c1-12-15(13(2)19-18-12)9-6-10-17-16(20)21-11-14-7-4-3-5-8-14/h3-5,7-8H,10-11H2,1-2H3,(H,17,20)(H,18,19). The Balaban J connectivity index is 1.75. The SMILES string of the molecule is Cc1n[nH]c(C)c1C#CCNC(=O)OCc1ccccc1. The van der Waals surface area contributed by atoms with Gasteiger partial charge in [-0.15, -0.1) is 0 Å². The number of alkyl carbamates (subject to hydrolysis) is 1. The van der Waals surface area contributed by atoms with E-state index in [0.717, 1.165) is 22.5 Å². The highest BCUT2D eigenvalue weighted by atomic mass is 16.5. The summed E-state index contributed by atoms with van der Waals surface area (Å²) in [6.07, 6.45) is -0.478. The van der Waals surface area contributed by atoms with E-state index < -0.39 is 6.09 Å². The van der Waals surface area contributed by atoms with Gasteiger partial charge in [-0.3, -0.25) is 5.10 Å². The third kappa shape index (κ3) is 4.39. The van der Waals surface area contributed by atoms with Crippen LogP contribution in [0.2, 0.25) is 0 Å². The van der Waals surface area contributed by atoms with E-state index in [9.17, 15) is 4.79 Å². The molecule has 0 saturated carbocycles. The van der Waals surface area contributed by atoms with Crippen molar-refractivity contribution in [2.24, 2.45) is 0 Å². The van der Waals surface area contributed by atoms with Gasteiger partial charge in [-0.05, 0) is 19.4 Å². The number of aryl methyl sites for hydroxylation is 2. The second kappa shape index (κ2) is 7.15. The summed E-state index contributed by atoms with van der Waals surface area (Å²) in [5.41, 5.74) is 3.59. The van der Waals surface area contributed by atoms with E-state index >= 15 is 0 Å². The molecule has 0 radical (unpaired) electrons. The van der Waals surface area contributed by atoms with Gasteiger partial charge in [-0.25, -0.2) is 4.79 Å². The molecule has 0 atom stereocenters. The van der Waals surface area contributed by atoms with Crippen LogP contribution in [-0.4, -0.2) is 22.8 Å². The fraction of sp³-hybridized carbons (Fsp3) is 0.250. The van der Waals surface area contributed by atoms with Crippen LogP contribution in [0.15, 0.2) is 30.3 Å². The van der Waals surface area contributed by atoms with E-state index in [4.69, 9.17) is 4.74 Å². The maximum atomic E-state index is 11.5. The van der Waals surface area contributed by atoms with Gasteiger partial charge in [-0.2, -0.15) is 5.10 Å². The molecule has 0 fully saturated rings. The van der Waals surface area contributed by atoms with E-state index in [1.807, 2.05) is 44.2 Å². The number of nitrogens with one attached hydrogen (secondary N) is 2. The molecule has 0 saturated heterocycles. The smallest absolute Gasteiger partial charge is 0.408 e. The van der Waals surface area contributed by atoms with Gasteiger partial charge in [0.25, 0.3) is 0 Å². The molecular formula is C16H17N3O2. The van der Waals surface area contributed by atoms with Crippen LogP contribution in [0.1, 0.15) is 22.5 Å². The zero-order chi connectivity index (χ0) is 15.1. The van der Waals surface area contributed by atoms with Crippen molar-refractivity contribution in [3.8, 4) is 11.8 Å². The summed E-state index contributed by atoms with van der Waals surface area (Å²) in [7, 11) is 0. The number of benzene rings is 1. The molecule has 1 heterocycles. The molecule has 0 spiro atoms. The first-order chi connectivity index (χ1) is 10.2. The summed E-state index contributed by atoms with van der Waals surface area (Å²) in [5, 5.41) is 9.50. The van der Waals surface area contributed by atoms with Crippen molar-refractivity contribution in [3.63, 3.8) is 0 Å². The molecule has 5 nitrogen and oxygen atoms in total. The Hall–Kier alpha value is -2.74. The van der Waals surface area contributed by atoms with Gasteiger partial charge in [-0.1, -0.05) is 42.2 Å². The van der Waals surface area contributed by atoms with Gasteiger partial charge in [0.15, 0.2) is 0 Å². The Morgan fingerprint density at radius 2 is 2.10 bits per heavy atom. The number of hydrogen-bond acceptors (Lipinski definition) is 3. The molecule has 21 heavy (non-hydrogen) atoms. The number of H-pyrrole nitrogens is 1. The second-order valence-corrected chi connectivity index (χ2v) is 4.53. The van der Waals surface area contributed by atoms with Gasteiger partial charge in [0.1, 0.15) is 6.61 Å². The second-order valence-electron chi connectivity index (χ2n) is 4.53. The highest BCUT2D eigenvalue weighted by Gasteiger charge is 2.02. The van der Waals surface area contributed by atoms with E-state index in [0.29, 0.717) is 0 Å². The lowest BCUT2D eigenvalue weighted by atomic mass is 10.2. The number of amides is 1. The topological polar surface area (TPSA) is 67.0 Å². The van der Waals surface area contributed by atoms with Gasteiger partial charge in [0.2, 0.25) is 0 Å². The lowest BCUT2D eigenvalue weighted by Gasteiger charge is -2.04. The molecule has 0 unspecified atom stereocenters. The fourth-order valence-electron chi connectivity index (χ4n) is 1.76. The highest BCUT2D eigenvalue weighted by Crippen LogP contribution is 2.06. The average Bonchev–Trinajstić information content (AvgIpc) is 2.82. The molecule has 5 heteroatoms. The summed E-state index contributed by atoms with van der Waals surface area (Å²) in [6.45, 7) is 4.28. The van der Waals surface area contributed by atoms with Crippen molar-refractivity contribution < 1.29 is 9.53 Å². The van der Waals surface area contributed by atoms with Crippen molar-refractivity contribution in [1.82, 2.24) is 15.5 Å². The van der Waals surface area contributed by atoms with Crippen LogP contribution in [0.3, 0.4) is 0 Å². The molecule has 1 amide bonds. The first-order valence-corrected chi connectivity index (χ1v) is 6.62. The van der Waals surface area contributed by atoms with Crippen molar-refractivity contribution in [3.05, 3.63) is 52.8 Å². The molecule has 1 aromatic carbocycles. The molecule has 1 aromatic heterocycles. The molecule has 0 aliphatic rings. The number of carbonyl (C=O) groups excluding carboxylic acids is 1. The summed E-state index contributed by atoms with van der Waals surface area (Å²) < 4.78 is 5.08. The predicted molar refractivity (Wildman–Crippen MR) is 79.6 cm³/mol. The lowest BCUT2D eigenvalue weighted by Crippen LogP contribution is -2.24. The zero-order valence-electron chi connectivity index (χ0n) is 12.1. The number of aromatic amines is 1. The van der Waals surface area contributed by atoms with E-state index in [1.165, 1.54) is 0 Å². The number of rotatable bonds is 3. The predicted octanol–water partition coefficient (Wildman–Crippen LogP) is 2.30. The summed E-state index contributed by atoms with van der Waals surface area (Å²) in [4.78, 5) is 11.5. The average molecular weight is 283 g/mol. The molecule has 108 valence electrons. The Morgan fingerprint density at radius 3 is 2.76 bits per heavy atom. The minimum Gasteiger partial charge on any atom is -0.445 e. The third-order valence-electron chi connectivity index (χ3n) is 2.88. The van der Waals surface area contributed by atoms with E-state index in [-0.39, 0.29) is 13.2 Å². The van der Waals surface area contributed by atoms with Gasteiger partial charge >= 0.3 is 6.09 Å². The third-order valence-corrected chi connectivity index (χ3v) is 2.88. The van der Waals surface area contributed by atoms with Crippen molar-refractivity contribution >= 4 is 6.09 Å². The van der Waals surface area contributed by atoms with Crippen LogP contribution in [-0.2, 0) is 11.3 Å². The molecule has 0 aliphatic carbocycles. The molecule has 2 aromatic rings. The number of carbonyl (C=O) groups is 1. The first-order valence-electron chi connectivity index (χ1n) is 6.62. The Bertz CT molecular complexity index is 646. The normalized spacial score (nSPS) is 9.62. The van der Waals surface area contributed by atoms with Gasteiger partial charge in [0.05, 0.1) is 17.8 Å². The van der Waals surface area contributed by atoms with E-state index in [1.54, 1.807) is 0 Å². The first kappa shape index (κ1) is 14.7. The summed E-state index contributed by atoms with van der Waals surface area (Å²) in [5.74, 6) is 5.85. The van der Waals surface area contributed by atoms with Crippen LogP contribution in [0.4, 0.5) is 4.79 Å². The van der Waals surface area contributed by atoms with Crippen LogP contribution >= 0.6 is 0 Å². The maximum absolute atomic E-state index is 11.5. The minimum absolute atomic E-state index is 0.234. The molecule has 2 rings (SSSR count). The van der Waals surface area contributed by atoms with Crippen LogP contribution in [0.5, 0.6) is 0 Å². The van der Waals surface area contributed by atoms with Crippen LogP contribution in [0.25, 0.3) is 0 Å². The molecule has 0 aliphatic heterocycles. The van der Waals surface area contributed by atoms with Crippen molar-refractivity contribution in [1.29, 1.82) is 0 Å². The monoisotopic (exact) mass is 283 g/mol. The largest absolute Gasteiger partial charge is 0.445 e. The number of aromatic nitrogens is 2. The highest BCUT2D eigenvalue weighted by molar-refractivity contribution is 5.67. The maximum Gasteiger partial charge on any atom is 0.408 e. The number of ether oxygens (including phenoxy) is 1. The summed E-state index contributed by atoms with van der Waals surface area (Å²) >= 11 is 0. The Kier molecular flexibility index (Phi) is 4.99. The van der Waals surface area contributed by atoms with Gasteiger partial charge < -0.3 is 10.1 Å². The van der Waals surface area contributed by atoms with Gasteiger partial charge in [0, 0.05) is 5.69 Å². The molecular weight excluding hydrogens is 266 g/mol. The Labute approximate surface area is 123 Å². The zero-order valence-corrected chi connectivity index (χ0v) is 12.1. The van der Waals surface area contributed by atoms with Crippen LogP contribution in [0, 0.1) is 25.7 Å². The Morgan fingerprint density at radius 1 is 1.33 bits per heavy atom. The molecule has 2 N–H and O–H groups in total. The quantitative estimate of drug-likeness (QED) is 0.849. The lowest BCUT2D eigenvalue weighted by molar-refractivity contribution is 0.141. The number of nitrogens with zero attached hydrogens (tertiary/aromatic N) is 1. The van der Waals surface area contributed by atoms with Crippen LogP contribution < -0.4 is 5.32 Å². The van der Waals surface area contributed by atoms with Crippen molar-refractivity contribution in [2.75, 3.05) is 6.54 Å². The minimum atomic E-state index is -0.478. The summed E-state index contributed by atoms with van der Waals surface area (Å²) in [6, 6.07) is 9.52. The fourth-order valence-corrected chi connectivity index (χ4v) is 1.76. The van der Waals surface area contributed by atoms with Crippen molar-refractivity contribution in [2.45, 2.75) is 20.5 Å².